The minimum atomic E-state index is -0.480. The number of carbonyl (C=O) groups excluding carboxylic acids is 2. The summed E-state index contributed by atoms with van der Waals surface area (Å²) in [5.74, 6) is -0.698. The molecule has 0 aliphatic rings. The Morgan fingerprint density at radius 3 is 2.39 bits per heavy atom. The molecule has 1 amide bonds. The van der Waals surface area contributed by atoms with Crippen LogP contribution in [0.15, 0.2) is 54.6 Å². The monoisotopic (exact) mass is 312 g/mol. The van der Waals surface area contributed by atoms with Crippen LogP contribution >= 0.6 is 0 Å². The van der Waals surface area contributed by atoms with E-state index in [1.54, 1.807) is 24.3 Å². The highest BCUT2D eigenvalue weighted by Crippen LogP contribution is 2.16. The van der Waals surface area contributed by atoms with E-state index in [-0.39, 0.29) is 18.5 Å². The second-order valence-electron chi connectivity index (χ2n) is 5.10. The topological polar surface area (TPSA) is 67.4 Å². The number of carbonyl (C=O) groups is 2. The maximum atomic E-state index is 12.1. The summed E-state index contributed by atoms with van der Waals surface area (Å²) in [5, 5.41) is 5.88. The summed E-state index contributed by atoms with van der Waals surface area (Å²) in [5.41, 5.74) is 1.88. The predicted molar refractivity (Wildman–Crippen MR) is 89.3 cm³/mol. The lowest BCUT2D eigenvalue weighted by atomic mass is 10.1. The van der Waals surface area contributed by atoms with Crippen molar-refractivity contribution in [2.24, 2.45) is 0 Å². The Labute approximate surface area is 135 Å². The van der Waals surface area contributed by atoms with Crippen LogP contribution in [0.5, 0.6) is 0 Å². The van der Waals surface area contributed by atoms with Crippen molar-refractivity contribution < 1.29 is 14.3 Å². The summed E-state index contributed by atoms with van der Waals surface area (Å²) in [7, 11) is 1.31. The summed E-state index contributed by atoms with van der Waals surface area (Å²) in [6, 6.07) is 16.7. The van der Waals surface area contributed by atoms with Gasteiger partial charge in [0.25, 0.3) is 0 Å². The highest BCUT2D eigenvalue weighted by atomic mass is 16.5. The molecule has 1 atom stereocenters. The van der Waals surface area contributed by atoms with Crippen molar-refractivity contribution >= 4 is 17.6 Å². The quantitative estimate of drug-likeness (QED) is 0.805. The first-order valence-corrected chi connectivity index (χ1v) is 7.37. The van der Waals surface area contributed by atoms with Crippen molar-refractivity contribution in [1.29, 1.82) is 0 Å². The molecule has 0 unspecified atom stereocenters. The van der Waals surface area contributed by atoms with Crippen LogP contribution in [0.2, 0.25) is 0 Å². The smallest absolute Gasteiger partial charge is 0.339 e. The Morgan fingerprint density at radius 1 is 1.04 bits per heavy atom. The number of anilines is 1. The van der Waals surface area contributed by atoms with Gasteiger partial charge in [-0.25, -0.2) is 4.79 Å². The Balaban J connectivity index is 1.94. The van der Waals surface area contributed by atoms with Crippen molar-refractivity contribution in [1.82, 2.24) is 5.32 Å². The van der Waals surface area contributed by atoms with Gasteiger partial charge >= 0.3 is 5.97 Å². The number of hydrogen-bond donors (Lipinski definition) is 2. The summed E-state index contributed by atoms with van der Waals surface area (Å²) in [6.45, 7) is 2.14. The molecular weight excluding hydrogens is 292 g/mol. The van der Waals surface area contributed by atoms with Gasteiger partial charge in [0.05, 0.1) is 24.9 Å². The Bertz CT molecular complexity index is 671. The summed E-state index contributed by atoms with van der Waals surface area (Å²) < 4.78 is 4.71. The normalized spacial score (nSPS) is 11.6. The molecule has 0 aliphatic carbocycles. The molecule has 2 aromatic carbocycles. The van der Waals surface area contributed by atoms with Gasteiger partial charge in [0, 0.05) is 6.04 Å². The highest BCUT2D eigenvalue weighted by molar-refractivity contribution is 6.01. The number of ether oxygens (including phenoxy) is 1. The molecule has 5 nitrogen and oxygen atoms in total. The van der Waals surface area contributed by atoms with Gasteiger partial charge < -0.3 is 15.4 Å². The van der Waals surface area contributed by atoms with Crippen molar-refractivity contribution in [2.75, 3.05) is 19.0 Å². The zero-order valence-electron chi connectivity index (χ0n) is 13.2. The van der Waals surface area contributed by atoms with Crippen LogP contribution < -0.4 is 10.6 Å². The maximum Gasteiger partial charge on any atom is 0.339 e. The number of para-hydroxylation sites is 1. The lowest BCUT2D eigenvalue weighted by Crippen LogP contribution is -2.30. The predicted octanol–water partition coefficient (Wildman–Crippen LogP) is 2.76. The molecule has 0 bridgehead atoms. The fourth-order valence-corrected chi connectivity index (χ4v) is 2.18. The van der Waals surface area contributed by atoms with E-state index in [4.69, 9.17) is 4.74 Å². The van der Waals surface area contributed by atoms with E-state index in [2.05, 4.69) is 10.6 Å². The molecule has 2 aromatic rings. The van der Waals surface area contributed by atoms with Gasteiger partial charge in [0.1, 0.15) is 0 Å². The SMILES string of the molecule is COC(=O)c1ccccc1NC(=O)CN[C@@H](C)c1ccccc1. The van der Waals surface area contributed by atoms with Gasteiger partial charge in [-0.1, -0.05) is 42.5 Å². The van der Waals surface area contributed by atoms with Gasteiger partial charge in [-0.2, -0.15) is 0 Å². The number of hydrogen-bond acceptors (Lipinski definition) is 4. The molecule has 2 N–H and O–H groups in total. The van der Waals surface area contributed by atoms with Crippen LogP contribution in [0.3, 0.4) is 0 Å². The second-order valence-corrected chi connectivity index (χ2v) is 5.10. The van der Waals surface area contributed by atoms with Gasteiger partial charge in [0.2, 0.25) is 5.91 Å². The van der Waals surface area contributed by atoms with Gasteiger partial charge in [0.15, 0.2) is 0 Å². The van der Waals surface area contributed by atoms with E-state index in [0.717, 1.165) is 5.56 Å². The van der Waals surface area contributed by atoms with Crippen molar-refractivity contribution in [3.05, 3.63) is 65.7 Å². The molecule has 2 rings (SSSR count). The molecular formula is C18H20N2O3. The number of methoxy groups -OCH3 is 1. The first kappa shape index (κ1) is 16.7. The minimum Gasteiger partial charge on any atom is -0.465 e. The first-order chi connectivity index (χ1) is 11.1. The molecule has 0 saturated carbocycles. The van der Waals surface area contributed by atoms with E-state index in [1.165, 1.54) is 7.11 Å². The number of esters is 1. The second kappa shape index (κ2) is 8.10. The third kappa shape index (κ3) is 4.66. The summed E-state index contributed by atoms with van der Waals surface area (Å²) in [4.78, 5) is 23.8. The molecule has 0 radical (unpaired) electrons. The molecule has 23 heavy (non-hydrogen) atoms. The molecule has 0 spiro atoms. The lowest BCUT2D eigenvalue weighted by molar-refractivity contribution is -0.115. The van der Waals surface area contributed by atoms with Gasteiger partial charge in [-0.15, -0.1) is 0 Å². The largest absolute Gasteiger partial charge is 0.465 e. The molecule has 0 aliphatic heterocycles. The molecule has 0 aromatic heterocycles. The van der Waals surface area contributed by atoms with Crippen LogP contribution in [0.1, 0.15) is 28.9 Å². The van der Waals surface area contributed by atoms with E-state index in [9.17, 15) is 9.59 Å². The van der Waals surface area contributed by atoms with Crippen LogP contribution in [0.4, 0.5) is 5.69 Å². The average Bonchev–Trinajstić information content (AvgIpc) is 2.60. The molecule has 0 heterocycles. The third-order valence-electron chi connectivity index (χ3n) is 3.47. The zero-order valence-corrected chi connectivity index (χ0v) is 13.2. The Kier molecular flexibility index (Phi) is 5.88. The van der Waals surface area contributed by atoms with Crippen molar-refractivity contribution in [3.63, 3.8) is 0 Å². The summed E-state index contributed by atoms with van der Waals surface area (Å²) in [6.07, 6.45) is 0. The minimum absolute atomic E-state index is 0.0535. The number of rotatable bonds is 6. The van der Waals surface area contributed by atoms with E-state index in [1.807, 2.05) is 37.3 Å². The molecule has 120 valence electrons. The average molecular weight is 312 g/mol. The lowest BCUT2D eigenvalue weighted by Gasteiger charge is -2.15. The fraction of sp³-hybridized carbons (Fsp3) is 0.222. The molecule has 0 saturated heterocycles. The van der Waals surface area contributed by atoms with Crippen molar-refractivity contribution in [3.8, 4) is 0 Å². The standard InChI is InChI=1S/C18H20N2O3/c1-13(14-8-4-3-5-9-14)19-12-17(21)20-16-11-7-6-10-15(16)18(22)23-2/h3-11,13,19H,12H2,1-2H3,(H,20,21)/t13-/m0/s1. The zero-order chi connectivity index (χ0) is 16.7. The van der Waals surface area contributed by atoms with Crippen LogP contribution in [0.25, 0.3) is 0 Å². The van der Waals surface area contributed by atoms with Crippen LogP contribution in [-0.4, -0.2) is 25.5 Å². The molecule has 0 fully saturated rings. The highest BCUT2D eigenvalue weighted by Gasteiger charge is 2.13. The van der Waals surface area contributed by atoms with Crippen molar-refractivity contribution in [2.45, 2.75) is 13.0 Å². The number of benzene rings is 2. The summed E-state index contributed by atoms with van der Waals surface area (Å²) >= 11 is 0. The van der Waals surface area contributed by atoms with Crippen LogP contribution in [0, 0.1) is 0 Å². The first-order valence-electron chi connectivity index (χ1n) is 7.37. The Hall–Kier alpha value is -2.66. The number of amides is 1. The molecule has 5 heteroatoms. The Morgan fingerprint density at radius 2 is 1.70 bits per heavy atom. The number of nitrogens with one attached hydrogen (secondary N) is 2. The third-order valence-corrected chi connectivity index (χ3v) is 3.47. The fourth-order valence-electron chi connectivity index (χ4n) is 2.18. The van der Waals surface area contributed by atoms with E-state index < -0.39 is 5.97 Å². The van der Waals surface area contributed by atoms with Gasteiger partial charge in [-0.05, 0) is 24.6 Å². The van der Waals surface area contributed by atoms with Crippen LogP contribution in [-0.2, 0) is 9.53 Å². The van der Waals surface area contributed by atoms with E-state index >= 15 is 0 Å². The maximum absolute atomic E-state index is 12.1. The van der Waals surface area contributed by atoms with E-state index in [0.29, 0.717) is 11.3 Å². The van der Waals surface area contributed by atoms with Gasteiger partial charge in [-0.3, -0.25) is 4.79 Å².